The Labute approximate surface area is 114 Å². The molecule has 3 N–H and O–H groups in total. The van der Waals surface area contributed by atoms with Crippen molar-refractivity contribution >= 4 is 11.6 Å². The first kappa shape index (κ1) is 13.9. The van der Waals surface area contributed by atoms with Gasteiger partial charge in [-0.15, -0.1) is 0 Å². The minimum absolute atomic E-state index is 0.0196. The van der Waals surface area contributed by atoms with Crippen LogP contribution in [0.4, 0.5) is 5.69 Å². The van der Waals surface area contributed by atoms with Crippen molar-refractivity contribution in [2.45, 2.75) is 38.1 Å². The van der Waals surface area contributed by atoms with Gasteiger partial charge in [-0.05, 0) is 36.5 Å². The van der Waals surface area contributed by atoms with Crippen molar-refractivity contribution in [1.29, 1.82) is 0 Å². The molecule has 0 saturated carbocycles. The predicted octanol–water partition coefficient (Wildman–Crippen LogP) is 1.75. The Bertz CT molecular complexity index is 430. The van der Waals surface area contributed by atoms with Gasteiger partial charge in [-0.1, -0.05) is 19.1 Å². The lowest BCUT2D eigenvalue weighted by Gasteiger charge is -2.24. The average molecular weight is 262 g/mol. The molecule has 1 aliphatic rings. The molecular weight excluding hydrogens is 240 g/mol. The molecule has 0 spiro atoms. The molecule has 1 aromatic rings. The molecule has 2 unspecified atom stereocenters. The summed E-state index contributed by atoms with van der Waals surface area (Å²) in [6.07, 6.45) is 2.39. The maximum Gasteiger partial charge on any atom is 0.223 e. The third kappa shape index (κ3) is 3.26. The Morgan fingerprint density at radius 3 is 2.79 bits per heavy atom. The SMILES string of the molecule is CC(CC(=O)N1CCCC1CO)c1ccc(N)cc1. The van der Waals surface area contributed by atoms with Crippen LogP contribution in [0.5, 0.6) is 0 Å². The topological polar surface area (TPSA) is 66.6 Å². The van der Waals surface area contributed by atoms with Crippen molar-refractivity contribution in [3.8, 4) is 0 Å². The smallest absolute Gasteiger partial charge is 0.223 e. The first-order valence-corrected chi connectivity index (χ1v) is 6.87. The number of carbonyl (C=O) groups excluding carboxylic acids is 1. The third-order valence-corrected chi connectivity index (χ3v) is 3.89. The molecular formula is C15H22N2O2. The molecule has 4 nitrogen and oxygen atoms in total. The van der Waals surface area contributed by atoms with Crippen molar-refractivity contribution in [2.75, 3.05) is 18.9 Å². The lowest BCUT2D eigenvalue weighted by atomic mass is 9.97. The van der Waals surface area contributed by atoms with Crippen LogP contribution in [-0.2, 0) is 4.79 Å². The van der Waals surface area contributed by atoms with Gasteiger partial charge in [0.1, 0.15) is 0 Å². The van der Waals surface area contributed by atoms with Crippen molar-refractivity contribution in [3.05, 3.63) is 29.8 Å². The van der Waals surface area contributed by atoms with E-state index in [4.69, 9.17) is 5.73 Å². The quantitative estimate of drug-likeness (QED) is 0.812. The monoisotopic (exact) mass is 262 g/mol. The Morgan fingerprint density at radius 1 is 1.47 bits per heavy atom. The number of amides is 1. The summed E-state index contributed by atoms with van der Waals surface area (Å²) in [6.45, 7) is 2.90. The number of nitrogens with two attached hydrogens (primary N) is 1. The number of aliphatic hydroxyl groups excluding tert-OH is 1. The molecule has 0 radical (unpaired) electrons. The fourth-order valence-corrected chi connectivity index (χ4v) is 2.68. The van der Waals surface area contributed by atoms with Crippen molar-refractivity contribution < 1.29 is 9.90 Å². The highest BCUT2D eigenvalue weighted by atomic mass is 16.3. The summed E-state index contributed by atoms with van der Waals surface area (Å²) in [4.78, 5) is 14.1. The molecule has 104 valence electrons. The Morgan fingerprint density at radius 2 is 2.16 bits per heavy atom. The van der Waals surface area contributed by atoms with Gasteiger partial charge in [-0.3, -0.25) is 4.79 Å². The Kier molecular flexibility index (Phi) is 4.43. The number of hydrogen-bond acceptors (Lipinski definition) is 3. The molecule has 1 aliphatic heterocycles. The number of likely N-dealkylation sites (tertiary alicyclic amines) is 1. The Balaban J connectivity index is 1.96. The second kappa shape index (κ2) is 6.06. The van der Waals surface area contributed by atoms with Gasteiger partial charge >= 0.3 is 0 Å². The van der Waals surface area contributed by atoms with E-state index in [1.54, 1.807) is 0 Å². The second-order valence-corrected chi connectivity index (χ2v) is 5.34. The van der Waals surface area contributed by atoms with Crippen LogP contribution in [0, 0.1) is 0 Å². The molecule has 0 bridgehead atoms. The number of rotatable bonds is 4. The van der Waals surface area contributed by atoms with Crippen LogP contribution >= 0.6 is 0 Å². The van der Waals surface area contributed by atoms with Crippen LogP contribution in [0.3, 0.4) is 0 Å². The van der Waals surface area contributed by atoms with Crippen molar-refractivity contribution in [2.24, 2.45) is 0 Å². The fourth-order valence-electron chi connectivity index (χ4n) is 2.68. The van der Waals surface area contributed by atoms with E-state index >= 15 is 0 Å². The first-order chi connectivity index (χ1) is 9.11. The van der Waals surface area contributed by atoms with Crippen molar-refractivity contribution in [3.63, 3.8) is 0 Å². The third-order valence-electron chi connectivity index (χ3n) is 3.89. The van der Waals surface area contributed by atoms with Gasteiger partial charge in [0.25, 0.3) is 0 Å². The van der Waals surface area contributed by atoms with E-state index in [0.717, 1.165) is 30.6 Å². The lowest BCUT2D eigenvalue weighted by molar-refractivity contribution is -0.133. The number of nitrogens with zero attached hydrogens (tertiary/aromatic N) is 1. The van der Waals surface area contributed by atoms with Crippen LogP contribution in [-0.4, -0.2) is 35.1 Å². The first-order valence-electron chi connectivity index (χ1n) is 6.87. The summed E-state index contributed by atoms with van der Waals surface area (Å²) in [5.41, 5.74) is 7.53. The molecule has 1 heterocycles. The largest absolute Gasteiger partial charge is 0.399 e. The number of nitrogen functional groups attached to an aromatic ring is 1. The van der Waals surface area contributed by atoms with Gasteiger partial charge in [-0.25, -0.2) is 0 Å². The summed E-state index contributed by atoms with van der Waals surface area (Å²) in [5.74, 6) is 0.314. The predicted molar refractivity (Wildman–Crippen MR) is 75.7 cm³/mol. The maximum atomic E-state index is 12.3. The molecule has 2 atom stereocenters. The number of benzene rings is 1. The summed E-state index contributed by atoms with van der Waals surface area (Å²) >= 11 is 0. The standard InChI is InChI=1S/C15H22N2O2/c1-11(12-4-6-13(16)7-5-12)9-15(19)17-8-2-3-14(17)10-18/h4-7,11,14,18H,2-3,8-10,16H2,1H3. The van der Waals surface area contributed by atoms with Gasteiger partial charge in [0.15, 0.2) is 0 Å². The number of anilines is 1. The normalized spacial score (nSPS) is 20.5. The molecule has 1 fully saturated rings. The minimum Gasteiger partial charge on any atom is -0.399 e. The molecule has 1 saturated heterocycles. The van der Waals surface area contributed by atoms with Gasteiger partial charge < -0.3 is 15.7 Å². The van der Waals surface area contributed by atoms with E-state index < -0.39 is 0 Å². The van der Waals surface area contributed by atoms with E-state index in [1.165, 1.54) is 0 Å². The molecule has 1 aromatic carbocycles. The highest BCUT2D eigenvalue weighted by Crippen LogP contribution is 2.24. The molecule has 1 amide bonds. The van der Waals surface area contributed by atoms with Crippen LogP contribution in [0.15, 0.2) is 24.3 Å². The molecule has 19 heavy (non-hydrogen) atoms. The summed E-state index contributed by atoms with van der Waals surface area (Å²) in [7, 11) is 0. The number of aliphatic hydroxyl groups is 1. The Hall–Kier alpha value is -1.55. The molecule has 4 heteroatoms. The average Bonchev–Trinajstić information content (AvgIpc) is 2.87. The number of carbonyl (C=O) groups is 1. The fraction of sp³-hybridized carbons (Fsp3) is 0.533. The second-order valence-electron chi connectivity index (χ2n) is 5.34. The zero-order valence-corrected chi connectivity index (χ0v) is 11.4. The highest BCUT2D eigenvalue weighted by molar-refractivity contribution is 5.77. The van der Waals surface area contributed by atoms with Crippen LogP contribution < -0.4 is 5.73 Å². The van der Waals surface area contributed by atoms with E-state index in [1.807, 2.05) is 36.1 Å². The van der Waals surface area contributed by atoms with Crippen molar-refractivity contribution in [1.82, 2.24) is 4.90 Å². The zero-order chi connectivity index (χ0) is 13.8. The van der Waals surface area contributed by atoms with Crippen LogP contribution in [0.25, 0.3) is 0 Å². The molecule has 2 rings (SSSR count). The molecule has 0 aliphatic carbocycles. The van der Waals surface area contributed by atoms with Gasteiger partial charge in [-0.2, -0.15) is 0 Å². The van der Waals surface area contributed by atoms with E-state index in [-0.39, 0.29) is 24.5 Å². The van der Waals surface area contributed by atoms with Gasteiger partial charge in [0.05, 0.1) is 12.6 Å². The minimum atomic E-state index is 0.0196. The van der Waals surface area contributed by atoms with E-state index in [9.17, 15) is 9.90 Å². The van der Waals surface area contributed by atoms with Crippen LogP contribution in [0.2, 0.25) is 0 Å². The van der Waals surface area contributed by atoms with Gasteiger partial charge in [0.2, 0.25) is 5.91 Å². The van der Waals surface area contributed by atoms with E-state index in [2.05, 4.69) is 0 Å². The highest BCUT2D eigenvalue weighted by Gasteiger charge is 2.28. The lowest BCUT2D eigenvalue weighted by Crippen LogP contribution is -2.38. The maximum absolute atomic E-state index is 12.3. The van der Waals surface area contributed by atoms with Gasteiger partial charge in [0, 0.05) is 18.7 Å². The number of hydrogen-bond donors (Lipinski definition) is 2. The summed E-state index contributed by atoms with van der Waals surface area (Å²) in [6, 6.07) is 7.69. The van der Waals surface area contributed by atoms with E-state index in [0.29, 0.717) is 6.42 Å². The summed E-state index contributed by atoms with van der Waals surface area (Å²) in [5, 5.41) is 9.26. The zero-order valence-electron chi connectivity index (χ0n) is 11.4. The molecule has 0 aromatic heterocycles. The van der Waals surface area contributed by atoms with Crippen LogP contribution in [0.1, 0.15) is 37.7 Å². The summed E-state index contributed by atoms with van der Waals surface area (Å²) < 4.78 is 0.